The molecule has 42 heavy (non-hydrogen) atoms. The van der Waals surface area contributed by atoms with E-state index in [1.165, 1.54) is 29.6 Å². The van der Waals surface area contributed by atoms with Gasteiger partial charge in [0.05, 0.1) is 22.3 Å². The lowest BCUT2D eigenvalue weighted by Crippen LogP contribution is -2.09. The minimum absolute atomic E-state index is 0.0507. The van der Waals surface area contributed by atoms with E-state index in [1.807, 2.05) is 12.5 Å². The maximum atomic E-state index is 11.3. The molecule has 4 heterocycles. The third kappa shape index (κ3) is 6.24. The molecule has 5 rings (SSSR count). The van der Waals surface area contributed by atoms with Crippen LogP contribution < -0.4 is 4.90 Å². The molecule has 4 aromatic heterocycles. The fourth-order valence-corrected chi connectivity index (χ4v) is 6.13. The number of hydrogen-bond donors (Lipinski definition) is 1. The number of pyridine rings is 1. The van der Waals surface area contributed by atoms with Crippen LogP contribution in [0.15, 0.2) is 53.1 Å². The molecule has 212 valence electrons. The predicted octanol–water partition coefficient (Wildman–Crippen LogP) is 8.04. The highest BCUT2D eigenvalue weighted by Gasteiger charge is 2.21. The number of aryl methyl sites for hydroxylation is 1. The molecule has 0 atom stereocenters. The maximum Gasteiger partial charge on any atom is 0.250 e. The Morgan fingerprint density at radius 1 is 0.833 bits per heavy atom. The number of anilines is 1. The van der Waals surface area contributed by atoms with Crippen LogP contribution in [-0.2, 0) is 0 Å². The molecule has 0 aliphatic rings. The number of rotatable bonds is 9. The highest BCUT2D eigenvalue weighted by atomic mass is 32.2. The van der Waals surface area contributed by atoms with E-state index in [-0.39, 0.29) is 17.1 Å². The van der Waals surface area contributed by atoms with Crippen molar-refractivity contribution in [3.05, 3.63) is 23.4 Å². The Morgan fingerprint density at radius 3 is 2.07 bits per heavy atom. The summed E-state index contributed by atoms with van der Waals surface area (Å²) in [5.41, 5.74) is 2.30. The molecule has 0 fully saturated rings. The molecule has 0 saturated carbocycles. The number of benzene rings is 1. The van der Waals surface area contributed by atoms with Crippen molar-refractivity contribution in [1.82, 2.24) is 28.1 Å². The Bertz CT molecular complexity index is 1900. The molecule has 0 aliphatic heterocycles. The summed E-state index contributed by atoms with van der Waals surface area (Å²) in [4.78, 5) is 14.7. The van der Waals surface area contributed by atoms with Crippen LogP contribution >= 0.6 is 58.1 Å². The molecular formula is C22H18N14OS5. The fraction of sp³-hybridized carbons (Fsp3) is 0.227. The van der Waals surface area contributed by atoms with E-state index in [9.17, 15) is 10.4 Å². The Kier molecular flexibility index (Phi) is 9.03. The lowest BCUT2D eigenvalue weighted by molar-refractivity contribution is 0.477. The van der Waals surface area contributed by atoms with Crippen molar-refractivity contribution in [1.29, 1.82) is 5.26 Å². The van der Waals surface area contributed by atoms with Gasteiger partial charge >= 0.3 is 0 Å². The summed E-state index contributed by atoms with van der Waals surface area (Å²) in [6.07, 6.45) is 3.72. The Morgan fingerprint density at radius 2 is 1.48 bits per heavy atom. The van der Waals surface area contributed by atoms with E-state index in [1.54, 1.807) is 32.0 Å². The number of phenolic OH excluding ortho intramolecular Hbond substituents is 1. The van der Waals surface area contributed by atoms with Gasteiger partial charge in [0.2, 0.25) is 20.6 Å². The number of nitriles is 1. The third-order valence-electron chi connectivity index (χ3n) is 5.30. The van der Waals surface area contributed by atoms with Gasteiger partial charge in [-0.2, -0.15) is 28.4 Å². The molecule has 0 saturated heterocycles. The molecule has 5 aromatic rings. The zero-order valence-corrected chi connectivity index (χ0v) is 26.5. The highest BCUT2D eigenvalue weighted by molar-refractivity contribution is 7.98. The number of thioether (sulfide) groups is 2. The summed E-state index contributed by atoms with van der Waals surface area (Å²) in [7, 11) is 3.54. The van der Waals surface area contributed by atoms with Crippen molar-refractivity contribution in [2.75, 3.05) is 31.5 Å². The second-order valence-electron chi connectivity index (χ2n) is 8.17. The van der Waals surface area contributed by atoms with Gasteiger partial charge in [-0.05, 0) is 43.1 Å². The topological polar surface area (TPSA) is 199 Å². The van der Waals surface area contributed by atoms with Crippen LogP contribution in [0.4, 0.5) is 38.0 Å². The fourth-order valence-electron chi connectivity index (χ4n) is 3.39. The summed E-state index contributed by atoms with van der Waals surface area (Å²) in [6, 6.07) is 5.31. The van der Waals surface area contributed by atoms with Gasteiger partial charge in [-0.25, -0.2) is 4.98 Å². The monoisotopic (exact) mass is 654 g/mol. The molecule has 20 heteroatoms. The Labute approximate surface area is 259 Å². The summed E-state index contributed by atoms with van der Waals surface area (Å²) < 4.78 is 12.7. The van der Waals surface area contributed by atoms with Gasteiger partial charge in [-0.15, -0.1) is 30.7 Å². The number of nitrogens with zero attached hydrogens (tertiary/aromatic N) is 14. The quantitative estimate of drug-likeness (QED) is 0.119. The van der Waals surface area contributed by atoms with Crippen LogP contribution in [0.1, 0.15) is 11.3 Å². The van der Waals surface area contributed by atoms with E-state index in [0.29, 0.717) is 59.2 Å². The van der Waals surface area contributed by atoms with Crippen LogP contribution in [0.5, 0.6) is 5.75 Å². The van der Waals surface area contributed by atoms with E-state index >= 15 is 0 Å². The average molecular weight is 655 g/mol. The summed E-state index contributed by atoms with van der Waals surface area (Å²) in [5.74, 6) is -0.291. The van der Waals surface area contributed by atoms with Crippen molar-refractivity contribution < 1.29 is 5.11 Å². The molecule has 15 nitrogen and oxygen atoms in total. The van der Waals surface area contributed by atoms with E-state index in [0.717, 1.165) is 34.6 Å². The number of aromatic hydroxyl groups is 1. The van der Waals surface area contributed by atoms with Crippen molar-refractivity contribution in [3.8, 4) is 11.8 Å². The number of azo groups is 3. The van der Waals surface area contributed by atoms with Gasteiger partial charge in [0.15, 0.2) is 22.1 Å². The first kappa shape index (κ1) is 29.5. The second kappa shape index (κ2) is 12.9. The normalized spacial score (nSPS) is 11.9. The number of phenols is 1. The molecular weight excluding hydrogens is 637 g/mol. The van der Waals surface area contributed by atoms with Gasteiger partial charge < -0.3 is 10.0 Å². The number of aromatic nitrogens is 6. The van der Waals surface area contributed by atoms with Gasteiger partial charge in [0, 0.05) is 37.2 Å². The van der Waals surface area contributed by atoms with Crippen LogP contribution in [-0.4, -0.2) is 59.8 Å². The predicted molar refractivity (Wildman–Crippen MR) is 165 cm³/mol. The minimum Gasteiger partial charge on any atom is -0.504 e. The smallest absolute Gasteiger partial charge is 0.250 e. The first-order chi connectivity index (χ1) is 20.3. The summed E-state index contributed by atoms with van der Waals surface area (Å²) in [6.45, 7) is 1.74. The number of fused-ring (bicyclic) bond motifs is 1. The first-order valence-electron chi connectivity index (χ1n) is 11.6. The lowest BCUT2D eigenvalue weighted by atomic mass is 10.1. The van der Waals surface area contributed by atoms with Crippen molar-refractivity contribution in [3.63, 3.8) is 0 Å². The Hall–Kier alpha value is -4.03. The molecule has 0 bridgehead atoms. The molecule has 1 aromatic carbocycles. The van der Waals surface area contributed by atoms with Crippen molar-refractivity contribution >= 4 is 107 Å². The molecule has 0 unspecified atom stereocenters. The highest BCUT2D eigenvalue weighted by Crippen LogP contribution is 2.51. The van der Waals surface area contributed by atoms with Crippen LogP contribution in [0, 0.1) is 18.3 Å². The first-order valence-corrected chi connectivity index (χ1v) is 16.3. The SMILES string of the molecule is CSc1nsc(/N=N/c2cc(/N=N/c3snc4nc(C)c(C#N)cc34)c(O)c(/N=N/c3nc(SC)ns3)c2N(C)C)n1. The average Bonchev–Trinajstić information content (AvgIpc) is 3.74. The second-order valence-corrected chi connectivity index (χ2v) is 11.9. The largest absolute Gasteiger partial charge is 0.504 e. The zero-order chi connectivity index (χ0) is 29.8. The van der Waals surface area contributed by atoms with Gasteiger partial charge in [-0.1, -0.05) is 23.5 Å². The molecule has 0 radical (unpaired) electrons. The lowest BCUT2D eigenvalue weighted by Gasteiger charge is -2.18. The van der Waals surface area contributed by atoms with Gasteiger partial charge in [-0.3, -0.25) is 0 Å². The van der Waals surface area contributed by atoms with Crippen molar-refractivity contribution in [2.45, 2.75) is 17.2 Å². The van der Waals surface area contributed by atoms with Crippen LogP contribution in [0.3, 0.4) is 0 Å². The summed E-state index contributed by atoms with van der Waals surface area (Å²) in [5, 5.41) is 49.3. The van der Waals surface area contributed by atoms with Gasteiger partial charge in [0.1, 0.15) is 17.4 Å². The third-order valence-corrected chi connectivity index (χ3v) is 8.57. The number of hydrogen-bond acceptors (Lipinski definition) is 20. The zero-order valence-electron chi connectivity index (χ0n) is 22.4. The molecule has 1 N–H and O–H groups in total. The van der Waals surface area contributed by atoms with Crippen molar-refractivity contribution in [2.24, 2.45) is 30.7 Å². The molecule has 0 amide bonds. The Balaban J connectivity index is 1.63. The summed E-state index contributed by atoms with van der Waals surface area (Å²) >= 11 is 6.03. The van der Waals surface area contributed by atoms with Crippen LogP contribution in [0.2, 0.25) is 0 Å². The van der Waals surface area contributed by atoms with E-state index in [4.69, 9.17) is 0 Å². The van der Waals surface area contributed by atoms with Gasteiger partial charge in [0.25, 0.3) is 0 Å². The standard InChI is InChI=1S/C22H18N14OS5/c1-9-10(8-23)6-11-17(24-9)33-40-18(11)30-28-13-7-12(27-31-19-25-21(38-4)34-41-19)15(36(2)3)14(16(13)37)29-32-20-26-22(39-5)35-42-20/h6-7,37H,1-5H3/b30-28+,31-27+,32-29+. The molecule has 0 aliphatic carbocycles. The minimum atomic E-state index is -0.291. The van der Waals surface area contributed by atoms with Crippen LogP contribution in [0.25, 0.3) is 11.0 Å². The maximum absolute atomic E-state index is 11.3. The van der Waals surface area contributed by atoms with E-state index in [2.05, 4.69) is 64.8 Å². The molecule has 0 spiro atoms. The van der Waals surface area contributed by atoms with E-state index < -0.39 is 0 Å².